The maximum atomic E-state index is 11.1. The second-order valence-corrected chi connectivity index (χ2v) is 4.25. The minimum atomic E-state index is 0.510. The van der Waals surface area contributed by atoms with E-state index in [0.29, 0.717) is 23.5 Å². The average Bonchev–Trinajstić information content (AvgIpc) is 2.54. The van der Waals surface area contributed by atoms with Crippen LogP contribution in [0.3, 0.4) is 0 Å². The van der Waals surface area contributed by atoms with E-state index in [0.717, 1.165) is 17.6 Å². The van der Waals surface area contributed by atoms with Crippen LogP contribution in [0.15, 0.2) is 42.5 Å². The predicted molar refractivity (Wildman–Crippen MR) is 82.0 cm³/mol. The Morgan fingerprint density at radius 3 is 2.57 bits per heavy atom. The standard InChI is InChI=1S/C18H16O3/c1-3-21-18-7-5-4-6-15(18)9-8-14-10-11-17(20-2)12-16(14)13-19/h4-7,10-13H,3H2,1-2H3. The van der Waals surface area contributed by atoms with Crippen LogP contribution in [0.25, 0.3) is 0 Å². The molecule has 106 valence electrons. The van der Waals surface area contributed by atoms with Crippen molar-refractivity contribution >= 4 is 6.29 Å². The highest BCUT2D eigenvalue weighted by Gasteiger charge is 2.02. The first-order valence-electron chi connectivity index (χ1n) is 6.65. The molecule has 0 aliphatic rings. The normalized spacial score (nSPS) is 9.43. The molecule has 0 unspecified atom stereocenters. The fourth-order valence-corrected chi connectivity index (χ4v) is 1.87. The molecule has 0 heterocycles. The molecule has 0 saturated heterocycles. The highest BCUT2D eigenvalue weighted by atomic mass is 16.5. The minimum Gasteiger partial charge on any atom is -0.497 e. The third kappa shape index (κ3) is 3.64. The van der Waals surface area contributed by atoms with Crippen molar-refractivity contribution in [2.24, 2.45) is 0 Å². The number of aldehydes is 1. The molecule has 21 heavy (non-hydrogen) atoms. The van der Waals surface area contributed by atoms with E-state index < -0.39 is 0 Å². The zero-order chi connectivity index (χ0) is 15.1. The van der Waals surface area contributed by atoms with Gasteiger partial charge in [0.1, 0.15) is 11.5 Å². The maximum Gasteiger partial charge on any atom is 0.151 e. The molecule has 0 radical (unpaired) electrons. The molecule has 0 N–H and O–H groups in total. The smallest absolute Gasteiger partial charge is 0.151 e. The Bertz CT molecular complexity index is 693. The summed E-state index contributed by atoms with van der Waals surface area (Å²) in [5.74, 6) is 7.45. The molecule has 0 amide bonds. The molecule has 0 spiro atoms. The van der Waals surface area contributed by atoms with Crippen molar-refractivity contribution in [3.63, 3.8) is 0 Å². The van der Waals surface area contributed by atoms with E-state index in [1.807, 2.05) is 31.2 Å². The van der Waals surface area contributed by atoms with Crippen LogP contribution in [-0.2, 0) is 0 Å². The number of carbonyl (C=O) groups excluding carboxylic acids is 1. The van der Waals surface area contributed by atoms with Crippen LogP contribution in [-0.4, -0.2) is 20.0 Å². The third-order valence-electron chi connectivity index (χ3n) is 2.90. The quantitative estimate of drug-likeness (QED) is 0.636. The number of benzene rings is 2. The van der Waals surface area contributed by atoms with Crippen LogP contribution in [0.2, 0.25) is 0 Å². The van der Waals surface area contributed by atoms with Gasteiger partial charge < -0.3 is 9.47 Å². The van der Waals surface area contributed by atoms with Gasteiger partial charge in [0.15, 0.2) is 6.29 Å². The van der Waals surface area contributed by atoms with Gasteiger partial charge in [0.2, 0.25) is 0 Å². The van der Waals surface area contributed by atoms with E-state index in [1.54, 1.807) is 25.3 Å². The summed E-state index contributed by atoms with van der Waals surface area (Å²) in [6.07, 6.45) is 0.779. The van der Waals surface area contributed by atoms with Crippen LogP contribution in [0.4, 0.5) is 0 Å². The largest absolute Gasteiger partial charge is 0.497 e. The zero-order valence-electron chi connectivity index (χ0n) is 12.1. The number of hydrogen-bond donors (Lipinski definition) is 0. The van der Waals surface area contributed by atoms with Crippen molar-refractivity contribution in [2.75, 3.05) is 13.7 Å². The van der Waals surface area contributed by atoms with Gasteiger partial charge in [-0.15, -0.1) is 0 Å². The summed E-state index contributed by atoms with van der Waals surface area (Å²) in [7, 11) is 1.56. The Hall–Kier alpha value is -2.73. The van der Waals surface area contributed by atoms with Crippen molar-refractivity contribution in [2.45, 2.75) is 6.92 Å². The second kappa shape index (κ2) is 7.16. The van der Waals surface area contributed by atoms with Gasteiger partial charge in [0, 0.05) is 11.1 Å². The van der Waals surface area contributed by atoms with Crippen LogP contribution in [0.1, 0.15) is 28.4 Å². The maximum absolute atomic E-state index is 11.1. The first-order chi connectivity index (χ1) is 10.3. The van der Waals surface area contributed by atoms with Gasteiger partial charge in [-0.2, -0.15) is 0 Å². The minimum absolute atomic E-state index is 0.510. The highest BCUT2D eigenvalue weighted by Crippen LogP contribution is 2.18. The van der Waals surface area contributed by atoms with Gasteiger partial charge >= 0.3 is 0 Å². The molecule has 0 bridgehead atoms. The SMILES string of the molecule is CCOc1ccccc1C#Cc1ccc(OC)cc1C=O. The number of rotatable bonds is 4. The fraction of sp³-hybridized carbons (Fsp3) is 0.167. The summed E-state index contributed by atoms with van der Waals surface area (Å²) >= 11 is 0. The van der Waals surface area contributed by atoms with Crippen molar-refractivity contribution in [3.05, 3.63) is 59.2 Å². The van der Waals surface area contributed by atoms with Gasteiger partial charge in [-0.25, -0.2) is 0 Å². The van der Waals surface area contributed by atoms with E-state index in [-0.39, 0.29) is 0 Å². The first kappa shape index (κ1) is 14.7. The lowest BCUT2D eigenvalue weighted by atomic mass is 10.1. The lowest BCUT2D eigenvalue weighted by Crippen LogP contribution is -1.94. The Balaban J connectivity index is 2.37. The Labute approximate surface area is 124 Å². The molecule has 0 atom stereocenters. The summed E-state index contributed by atoms with van der Waals surface area (Å²) in [6, 6.07) is 12.8. The lowest BCUT2D eigenvalue weighted by molar-refractivity contribution is 0.112. The molecule has 0 saturated carbocycles. The monoisotopic (exact) mass is 280 g/mol. The van der Waals surface area contributed by atoms with Gasteiger partial charge in [0.25, 0.3) is 0 Å². The van der Waals surface area contributed by atoms with Crippen LogP contribution in [0, 0.1) is 11.8 Å². The average molecular weight is 280 g/mol. The predicted octanol–water partition coefficient (Wildman–Crippen LogP) is 3.31. The third-order valence-corrected chi connectivity index (χ3v) is 2.90. The van der Waals surface area contributed by atoms with E-state index in [4.69, 9.17) is 9.47 Å². The highest BCUT2D eigenvalue weighted by molar-refractivity contribution is 5.80. The molecule has 0 aliphatic carbocycles. The van der Waals surface area contributed by atoms with E-state index in [2.05, 4.69) is 11.8 Å². The zero-order valence-corrected chi connectivity index (χ0v) is 12.1. The molecule has 0 aliphatic heterocycles. The van der Waals surface area contributed by atoms with Crippen LogP contribution >= 0.6 is 0 Å². The molecule has 2 aromatic carbocycles. The Kier molecular flexibility index (Phi) is 5.00. The van der Waals surface area contributed by atoms with Crippen molar-refractivity contribution in [3.8, 4) is 23.3 Å². The van der Waals surface area contributed by atoms with Gasteiger partial charge in [0.05, 0.1) is 19.3 Å². The summed E-state index contributed by atoms with van der Waals surface area (Å²) in [5, 5.41) is 0. The lowest BCUT2D eigenvalue weighted by Gasteiger charge is -2.05. The fourth-order valence-electron chi connectivity index (χ4n) is 1.87. The van der Waals surface area contributed by atoms with Gasteiger partial charge in [-0.1, -0.05) is 24.0 Å². The van der Waals surface area contributed by atoms with Gasteiger partial charge in [-0.3, -0.25) is 4.79 Å². The number of para-hydroxylation sites is 1. The summed E-state index contributed by atoms with van der Waals surface area (Å²) in [6.45, 7) is 2.51. The molecule has 0 aromatic heterocycles. The number of hydrogen-bond acceptors (Lipinski definition) is 3. The van der Waals surface area contributed by atoms with Crippen molar-refractivity contribution < 1.29 is 14.3 Å². The number of carbonyl (C=O) groups is 1. The first-order valence-corrected chi connectivity index (χ1v) is 6.65. The number of methoxy groups -OCH3 is 1. The molecular weight excluding hydrogens is 264 g/mol. The van der Waals surface area contributed by atoms with Crippen LogP contribution < -0.4 is 9.47 Å². The molecule has 3 heteroatoms. The summed E-state index contributed by atoms with van der Waals surface area (Å²) < 4.78 is 10.6. The molecule has 3 nitrogen and oxygen atoms in total. The molecular formula is C18H16O3. The summed E-state index contributed by atoms with van der Waals surface area (Å²) in [5.41, 5.74) is 1.97. The van der Waals surface area contributed by atoms with E-state index >= 15 is 0 Å². The molecule has 2 aromatic rings. The molecule has 2 rings (SSSR count). The van der Waals surface area contributed by atoms with Gasteiger partial charge in [-0.05, 0) is 37.3 Å². The Morgan fingerprint density at radius 1 is 1.10 bits per heavy atom. The van der Waals surface area contributed by atoms with Crippen molar-refractivity contribution in [1.82, 2.24) is 0 Å². The topological polar surface area (TPSA) is 35.5 Å². The molecule has 0 fully saturated rings. The second-order valence-electron chi connectivity index (χ2n) is 4.25. The number of ether oxygens (including phenoxy) is 2. The van der Waals surface area contributed by atoms with E-state index in [9.17, 15) is 4.79 Å². The van der Waals surface area contributed by atoms with Crippen molar-refractivity contribution in [1.29, 1.82) is 0 Å². The summed E-state index contributed by atoms with van der Waals surface area (Å²) in [4.78, 5) is 11.1. The Morgan fingerprint density at radius 2 is 1.86 bits per heavy atom. The van der Waals surface area contributed by atoms with E-state index in [1.165, 1.54) is 0 Å². The van der Waals surface area contributed by atoms with Crippen LogP contribution in [0.5, 0.6) is 11.5 Å².